The minimum absolute atomic E-state index is 0.749. The number of rotatable bonds is 2. The smallest absolute Gasteiger partial charge is 0.154 e. The van der Waals surface area contributed by atoms with Crippen LogP contribution in [0, 0.1) is 0 Å². The molecule has 0 unspecified atom stereocenters. The summed E-state index contributed by atoms with van der Waals surface area (Å²) in [5, 5.41) is 7.02. The standard InChI is InChI=1S/C24H17N3/c1-3-10-18(11-4-1)22-21-16-15-17-9-7-8-14-20(17)23(21)25-24(27-26-22)19-12-5-2-6-13-19/h1-16H,(H,25,27). The van der Waals surface area contributed by atoms with Gasteiger partial charge < -0.3 is 0 Å². The van der Waals surface area contributed by atoms with E-state index < -0.39 is 0 Å². The summed E-state index contributed by atoms with van der Waals surface area (Å²) in [5.74, 6) is 0.749. The van der Waals surface area contributed by atoms with Gasteiger partial charge in [0.15, 0.2) is 5.84 Å². The van der Waals surface area contributed by atoms with Crippen LogP contribution in [-0.2, 0) is 0 Å². The van der Waals surface area contributed by atoms with Crippen LogP contribution in [-0.4, -0.2) is 11.5 Å². The molecule has 0 radical (unpaired) electrons. The number of amidine groups is 1. The second-order valence-corrected chi connectivity index (χ2v) is 6.45. The maximum atomic E-state index is 5.00. The van der Waals surface area contributed by atoms with Gasteiger partial charge in [-0.15, -0.1) is 0 Å². The number of fused-ring (bicyclic) bond motifs is 3. The zero-order chi connectivity index (χ0) is 18.1. The van der Waals surface area contributed by atoms with Crippen molar-refractivity contribution in [3.8, 4) is 0 Å². The molecular formula is C24H17N3. The zero-order valence-electron chi connectivity index (χ0n) is 14.6. The van der Waals surface area contributed by atoms with Crippen LogP contribution in [0.25, 0.3) is 10.8 Å². The molecule has 0 aliphatic carbocycles. The molecule has 4 aromatic carbocycles. The van der Waals surface area contributed by atoms with Crippen LogP contribution < -0.4 is 5.43 Å². The molecular weight excluding hydrogens is 330 g/mol. The van der Waals surface area contributed by atoms with E-state index in [4.69, 9.17) is 10.1 Å². The third-order valence-corrected chi connectivity index (χ3v) is 4.75. The van der Waals surface area contributed by atoms with E-state index in [1.165, 1.54) is 5.39 Å². The summed E-state index contributed by atoms with van der Waals surface area (Å²) in [5.41, 5.74) is 8.13. The quantitative estimate of drug-likeness (QED) is 0.527. The van der Waals surface area contributed by atoms with Crippen LogP contribution in [0.1, 0.15) is 16.7 Å². The normalized spacial score (nSPS) is 13.2. The van der Waals surface area contributed by atoms with E-state index in [0.717, 1.165) is 39.3 Å². The Balaban J connectivity index is 1.80. The lowest BCUT2D eigenvalue weighted by Gasteiger charge is -2.10. The highest BCUT2D eigenvalue weighted by Gasteiger charge is 2.19. The second kappa shape index (κ2) is 6.54. The summed E-state index contributed by atoms with van der Waals surface area (Å²) in [4.78, 5) is 5.00. The maximum absolute atomic E-state index is 5.00. The largest absolute Gasteiger partial charge is 0.260 e. The highest BCUT2D eigenvalue weighted by Crippen LogP contribution is 2.33. The fourth-order valence-corrected chi connectivity index (χ4v) is 3.41. The van der Waals surface area contributed by atoms with E-state index >= 15 is 0 Å². The van der Waals surface area contributed by atoms with Crippen molar-refractivity contribution in [2.45, 2.75) is 0 Å². The molecule has 1 N–H and O–H groups in total. The molecule has 0 amide bonds. The Morgan fingerprint density at radius 1 is 0.593 bits per heavy atom. The minimum Gasteiger partial charge on any atom is -0.260 e. The van der Waals surface area contributed by atoms with Crippen molar-refractivity contribution in [2.75, 3.05) is 0 Å². The number of benzene rings is 4. The van der Waals surface area contributed by atoms with Gasteiger partial charge in [0.25, 0.3) is 0 Å². The average molecular weight is 347 g/mol. The number of hydrogen-bond donors (Lipinski definition) is 1. The van der Waals surface area contributed by atoms with Crippen molar-refractivity contribution in [1.29, 1.82) is 0 Å². The van der Waals surface area contributed by atoms with Gasteiger partial charge in [0.05, 0.1) is 11.4 Å². The van der Waals surface area contributed by atoms with Gasteiger partial charge in [0, 0.05) is 22.1 Å². The number of hydrogen-bond acceptors (Lipinski definition) is 3. The lowest BCUT2D eigenvalue weighted by Crippen LogP contribution is -2.19. The lowest BCUT2D eigenvalue weighted by atomic mass is 9.97. The Labute approximate surface area is 157 Å². The molecule has 3 nitrogen and oxygen atoms in total. The van der Waals surface area contributed by atoms with Crippen LogP contribution in [0.2, 0.25) is 0 Å². The molecule has 1 aliphatic heterocycles. The minimum atomic E-state index is 0.749. The van der Waals surface area contributed by atoms with Crippen LogP contribution in [0.3, 0.4) is 0 Å². The van der Waals surface area contributed by atoms with Gasteiger partial charge in [0.2, 0.25) is 0 Å². The van der Waals surface area contributed by atoms with Crippen molar-refractivity contribution < 1.29 is 0 Å². The van der Waals surface area contributed by atoms with E-state index in [2.05, 4.69) is 54.0 Å². The summed E-state index contributed by atoms with van der Waals surface area (Å²) < 4.78 is 0. The molecule has 0 fully saturated rings. The third kappa shape index (κ3) is 2.79. The van der Waals surface area contributed by atoms with E-state index in [0.29, 0.717) is 0 Å². The summed E-state index contributed by atoms with van der Waals surface area (Å²) in [6.45, 7) is 0. The molecule has 5 rings (SSSR count). The topological polar surface area (TPSA) is 36.8 Å². The Morgan fingerprint density at radius 3 is 2.04 bits per heavy atom. The highest BCUT2D eigenvalue weighted by molar-refractivity contribution is 6.21. The number of hydrazone groups is 1. The summed E-state index contributed by atoms with van der Waals surface area (Å²) in [7, 11) is 0. The predicted octanol–water partition coefficient (Wildman–Crippen LogP) is 5.27. The Morgan fingerprint density at radius 2 is 1.26 bits per heavy atom. The van der Waals surface area contributed by atoms with E-state index in [1.54, 1.807) is 0 Å². The van der Waals surface area contributed by atoms with Gasteiger partial charge in [-0.3, -0.25) is 5.43 Å². The van der Waals surface area contributed by atoms with Gasteiger partial charge in [-0.25, -0.2) is 4.99 Å². The molecule has 27 heavy (non-hydrogen) atoms. The third-order valence-electron chi connectivity index (χ3n) is 4.75. The molecule has 4 aromatic rings. The number of nitrogens with zero attached hydrogens (tertiary/aromatic N) is 2. The predicted molar refractivity (Wildman–Crippen MR) is 112 cm³/mol. The van der Waals surface area contributed by atoms with Gasteiger partial charge in [-0.1, -0.05) is 91.0 Å². The summed E-state index contributed by atoms with van der Waals surface area (Å²) >= 11 is 0. The Kier molecular flexibility index (Phi) is 3.76. The molecule has 1 aliphatic rings. The zero-order valence-corrected chi connectivity index (χ0v) is 14.6. The molecule has 128 valence electrons. The molecule has 0 aromatic heterocycles. The highest BCUT2D eigenvalue weighted by atomic mass is 15.3. The van der Waals surface area contributed by atoms with Crippen molar-refractivity contribution in [2.24, 2.45) is 10.1 Å². The maximum Gasteiger partial charge on any atom is 0.154 e. The SMILES string of the molecule is c1ccc(C2=Nc3c(ccc4ccccc34)C(c3ccccc3)=NN2)cc1. The Hall–Kier alpha value is -3.72. The first-order chi connectivity index (χ1) is 13.4. The lowest BCUT2D eigenvalue weighted by molar-refractivity contribution is 1.03. The first-order valence-electron chi connectivity index (χ1n) is 8.95. The average Bonchev–Trinajstić information content (AvgIpc) is 2.95. The number of aliphatic imine (C=N–C) groups is 1. The number of nitrogens with one attached hydrogen (secondary N) is 1. The van der Waals surface area contributed by atoms with E-state index in [9.17, 15) is 0 Å². The summed E-state index contributed by atoms with van der Waals surface area (Å²) in [6, 6.07) is 32.9. The van der Waals surface area contributed by atoms with Crippen molar-refractivity contribution in [3.05, 3.63) is 114 Å². The Bertz CT molecular complexity index is 1180. The fourth-order valence-electron chi connectivity index (χ4n) is 3.41. The molecule has 0 bridgehead atoms. The fraction of sp³-hybridized carbons (Fsp3) is 0. The molecule has 3 heteroatoms. The van der Waals surface area contributed by atoms with E-state index in [1.807, 2.05) is 48.5 Å². The van der Waals surface area contributed by atoms with Gasteiger partial charge >= 0.3 is 0 Å². The van der Waals surface area contributed by atoms with Gasteiger partial charge in [0.1, 0.15) is 0 Å². The van der Waals surface area contributed by atoms with Crippen molar-refractivity contribution >= 4 is 28.0 Å². The van der Waals surface area contributed by atoms with Crippen molar-refractivity contribution in [1.82, 2.24) is 5.43 Å². The molecule has 1 heterocycles. The second-order valence-electron chi connectivity index (χ2n) is 6.45. The molecule has 0 spiro atoms. The van der Waals surface area contributed by atoms with Gasteiger partial charge in [-0.2, -0.15) is 5.10 Å². The van der Waals surface area contributed by atoms with E-state index in [-0.39, 0.29) is 0 Å². The van der Waals surface area contributed by atoms with Gasteiger partial charge in [-0.05, 0) is 11.5 Å². The van der Waals surface area contributed by atoms with Crippen LogP contribution in [0.5, 0.6) is 0 Å². The molecule has 0 saturated carbocycles. The first kappa shape index (κ1) is 15.5. The van der Waals surface area contributed by atoms with Crippen LogP contribution >= 0.6 is 0 Å². The molecule has 0 atom stereocenters. The van der Waals surface area contributed by atoms with Crippen LogP contribution in [0.15, 0.2) is 107 Å². The van der Waals surface area contributed by atoms with Crippen molar-refractivity contribution in [3.63, 3.8) is 0 Å². The monoisotopic (exact) mass is 347 g/mol. The molecule has 0 saturated heterocycles. The first-order valence-corrected chi connectivity index (χ1v) is 8.95. The van der Waals surface area contributed by atoms with Crippen LogP contribution in [0.4, 0.5) is 5.69 Å². The summed E-state index contributed by atoms with van der Waals surface area (Å²) in [6.07, 6.45) is 0.